The van der Waals surface area contributed by atoms with Crippen molar-refractivity contribution in [2.75, 3.05) is 26.2 Å². The summed E-state index contributed by atoms with van der Waals surface area (Å²) in [6, 6.07) is 13.8. The van der Waals surface area contributed by atoms with E-state index in [1.165, 1.54) is 0 Å². The number of piperidine rings is 1. The third-order valence-corrected chi connectivity index (χ3v) is 5.27. The summed E-state index contributed by atoms with van der Waals surface area (Å²) in [6.07, 6.45) is 3.37. The first-order valence-corrected chi connectivity index (χ1v) is 9.80. The molecule has 1 aliphatic rings. The number of hydrogen-bond acceptors (Lipinski definition) is 5. The van der Waals surface area contributed by atoms with Crippen LogP contribution in [-0.2, 0) is 9.63 Å². The monoisotopic (exact) mass is 382 g/mol. The fraction of sp³-hybridized carbons (Fsp3) is 0.333. The second-order valence-electron chi connectivity index (χ2n) is 6.36. The molecule has 1 unspecified atom stereocenters. The third-order valence-electron chi connectivity index (χ3n) is 4.34. The number of carboxylic acids is 1. The number of aliphatic carboxylic acids is 1. The zero-order chi connectivity index (χ0) is 18.9. The Morgan fingerprint density at radius 2 is 2.15 bits per heavy atom. The minimum absolute atomic E-state index is 0.260. The Morgan fingerprint density at radius 3 is 2.96 bits per heavy atom. The van der Waals surface area contributed by atoms with Crippen LogP contribution in [-0.4, -0.2) is 48.4 Å². The van der Waals surface area contributed by atoms with Crippen molar-refractivity contribution in [1.29, 1.82) is 0 Å². The highest BCUT2D eigenvalue weighted by Gasteiger charge is 2.24. The van der Waals surface area contributed by atoms with E-state index >= 15 is 0 Å². The van der Waals surface area contributed by atoms with Crippen LogP contribution in [0.2, 0.25) is 0 Å². The van der Waals surface area contributed by atoms with Gasteiger partial charge in [-0.25, -0.2) is 0 Å². The fourth-order valence-corrected chi connectivity index (χ4v) is 3.64. The van der Waals surface area contributed by atoms with Gasteiger partial charge in [-0.1, -0.05) is 35.2 Å². The molecule has 6 heteroatoms. The lowest BCUT2D eigenvalue weighted by atomic mass is 9.98. The average molecular weight is 382 g/mol. The molecule has 0 spiro atoms. The first-order valence-electron chi connectivity index (χ1n) is 8.98. The van der Waals surface area contributed by atoms with Crippen LogP contribution in [0.25, 0.3) is 0 Å². The molecule has 140 valence electrons. The van der Waals surface area contributed by atoms with Crippen LogP contribution >= 0.6 is 11.3 Å². The van der Waals surface area contributed by atoms with Gasteiger partial charge in [0.2, 0.25) is 0 Å². The van der Waals surface area contributed by atoms with Gasteiger partial charge in [-0.2, -0.15) is 0 Å². The van der Waals surface area contributed by atoms with Gasteiger partial charge in [-0.3, -0.25) is 9.69 Å². The van der Waals surface area contributed by atoms with Gasteiger partial charge in [0.25, 0.3) is 0 Å². The lowest BCUT2D eigenvalue weighted by Gasteiger charge is -2.29. The van der Waals surface area contributed by atoms with E-state index in [1.54, 1.807) is 17.6 Å². The second kappa shape index (κ2) is 9.91. The average Bonchev–Trinajstić information content (AvgIpc) is 3.15. The molecule has 1 N–H and O–H groups in total. The Bertz CT molecular complexity index is 836. The predicted octanol–water partition coefficient (Wildman–Crippen LogP) is 3.30. The summed E-state index contributed by atoms with van der Waals surface area (Å²) >= 11 is 1.56. The highest BCUT2D eigenvalue weighted by atomic mass is 32.1. The van der Waals surface area contributed by atoms with E-state index < -0.39 is 5.97 Å². The molecule has 0 radical (unpaired) electrons. The maximum Gasteiger partial charge on any atom is 0.307 e. The van der Waals surface area contributed by atoms with Crippen LogP contribution in [0.3, 0.4) is 0 Å². The van der Waals surface area contributed by atoms with E-state index in [1.807, 2.05) is 42.5 Å². The summed E-state index contributed by atoms with van der Waals surface area (Å²) in [4.78, 5) is 20.5. The number of carboxylic acid groups (broad SMARTS) is 1. The van der Waals surface area contributed by atoms with E-state index in [-0.39, 0.29) is 5.92 Å². The topological polar surface area (TPSA) is 62.1 Å². The number of hydrogen-bond donors (Lipinski definition) is 1. The van der Waals surface area contributed by atoms with E-state index in [0.717, 1.165) is 34.7 Å². The largest absolute Gasteiger partial charge is 0.481 e. The number of rotatable bonds is 6. The van der Waals surface area contributed by atoms with Crippen LogP contribution in [0, 0.1) is 17.8 Å². The van der Waals surface area contributed by atoms with Crippen molar-refractivity contribution < 1.29 is 14.7 Å². The molecule has 1 aromatic heterocycles. The Hall–Kier alpha value is -2.62. The first kappa shape index (κ1) is 19.2. The second-order valence-corrected chi connectivity index (χ2v) is 7.48. The maximum atomic E-state index is 11.1. The minimum atomic E-state index is -0.706. The Kier molecular flexibility index (Phi) is 7.03. The molecule has 1 saturated heterocycles. The number of oxime groups is 1. The van der Waals surface area contributed by atoms with Crippen molar-refractivity contribution in [3.63, 3.8) is 0 Å². The van der Waals surface area contributed by atoms with Crippen molar-refractivity contribution in [3.8, 4) is 11.8 Å². The Balaban J connectivity index is 1.41. The highest BCUT2D eigenvalue weighted by molar-refractivity contribution is 7.14. The smallest absolute Gasteiger partial charge is 0.307 e. The summed E-state index contributed by atoms with van der Waals surface area (Å²) in [5.41, 5.74) is 0.993. The number of likely N-dealkylation sites (tertiary alicyclic amines) is 1. The number of carbonyl (C=O) groups is 1. The van der Waals surface area contributed by atoms with Gasteiger partial charge in [0, 0.05) is 23.5 Å². The molecule has 3 rings (SSSR count). The third kappa shape index (κ3) is 6.24. The van der Waals surface area contributed by atoms with E-state index in [2.05, 4.69) is 21.9 Å². The lowest BCUT2D eigenvalue weighted by molar-refractivity contribution is -0.143. The summed E-state index contributed by atoms with van der Waals surface area (Å²) < 4.78 is 0. The lowest BCUT2D eigenvalue weighted by Crippen LogP contribution is -2.40. The maximum absolute atomic E-state index is 11.1. The zero-order valence-electron chi connectivity index (χ0n) is 15.0. The quantitative estimate of drug-likeness (QED) is 0.360. The summed E-state index contributed by atoms with van der Waals surface area (Å²) in [5, 5.41) is 13.1. The van der Waals surface area contributed by atoms with Gasteiger partial charge in [0.1, 0.15) is 6.61 Å². The molecule has 1 aromatic carbocycles. The summed E-state index contributed by atoms with van der Waals surface area (Å²) in [5.74, 6) is 5.32. The summed E-state index contributed by atoms with van der Waals surface area (Å²) in [6.45, 7) is 2.66. The van der Waals surface area contributed by atoms with Crippen molar-refractivity contribution in [1.82, 2.24) is 4.90 Å². The van der Waals surface area contributed by atoms with Crippen LogP contribution in [0.1, 0.15) is 28.2 Å². The van der Waals surface area contributed by atoms with Crippen molar-refractivity contribution in [2.45, 2.75) is 12.8 Å². The Labute approximate surface area is 163 Å². The molecule has 2 aromatic rings. The van der Waals surface area contributed by atoms with E-state index in [9.17, 15) is 4.79 Å². The molecule has 2 heterocycles. The van der Waals surface area contributed by atoms with Crippen molar-refractivity contribution in [2.24, 2.45) is 11.1 Å². The van der Waals surface area contributed by atoms with E-state index in [0.29, 0.717) is 19.7 Å². The molecule has 0 bridgehead atoms. The molecular weight excluding hydrogens is 360 g/mol. The van der Waals surface area contributed by atoms with Gasteiger partial charge in [0.15, 0.2) is 0 Å². The van der Waals surface area contributed by atoms with Crippen LogP contribution < -0.4 is 0 Å². The normalized spacial score (nSPS) is 17.4. The number of thiophene rings is 1. The SMILES string of the molecule is O=C(O)C1CCCN(CCO/N=C/c2ccc(C#Cc3ccccc3)s2)C1. The predicted molar refractivity (Wildman–Crippen MR) is 107 cm³/mol. The molecule has 1 fully saturated rings. The molecular formula is C21H22N2O3S. The summed E-state index contributed by atoms with van der Waals surface area (Å²) in [7, 11) is 0. The molecule has 0 aliphatic carbocycles. The van der Waals surface area contributed by atoms with Gasteiger partial charge < -0.3 is 9.94 Å². The van der Waals surface area contributed by atoms with Gasteiger partial charge in [0.05, 0.1) is 17.0 Å². The first-order chi connectivity index (χ1) is 13.2. The van der Waals surface area contributed by atoms with Gasteiger partial charge in [-0.15, -0.1) is 11.3 Å². The fourth-order valence-electron chi connectivity index (χ4n) is 2.92. The molecule has 0 saturated carbocycles. The molecule has 0 amide bonds. The number of nitrogens with zero attached hydrogens (tertiary/aromatic N) is 2. The molecule has 5 nitrogen and oxygen atoms in total. The molecule has 27 heavy (non-hydrogen) atoms. The van der Waals surface area contributed by atoms with E-state index in [4.69, 9.17) is 9.94 Å². The molecule has 1 atom stereocenters. The van der Waals surface area contributed by atoms with Gasteiger partial charge >= 0.3 is 5.97 Å². The standard InChI is InChI=1S/C21H22N2O3S/c24-21(25)18-7-4-12-23(16-18)13-14-26-22-15-20-11-10-19(27-20)9-8-17-5-2-1-3-6-17/h1-3,5-6,10-11,15,18H,4,7,12-14,16H2,(H,24,25)/b22-15+. The number of benzene rings is 1. The van der Waals surface area contributed by atoms with Crippen LogP contribution in [0.15, 0.2) is 47.6 Å². The van der Waals surface area contributed by atoms with Crippen LogP contribution in [0.4, 0.5) is 0 Å². The Morgan fingerprint density at radius 1 is 1.30 bits per heavy atom. The minimum Gasteiger partial charge on any atom is -0.481 e. The van der Waals surface area contributed by atoms with Crippen LogP contribution in [0.5, 0.6) is 0 Å². The zero-order valence-corrected chi connectivity index (χ0v) is 15.8. The molecule has 1 aliphatic heterocycles. The van der Waals surface area contributed by atoms with Gasteiger partial charge in [-0.05, 0) is 43.7 Å². The van der Waals surface area contributed by atoms with Crippen molar-refractivity contribution >= 4 is 23.5 Å². The highest BCUT2D eigenvalue weighted by Crippen LogP contribution is 2.16. The van der Waals surface area contributed by atoms with Crippen molar-refractivity contribution in [3.05, 3.63) is 57.8 Å².